The van der Waals surface area contributed by atoms with Crippen LogP contribution in [-0.4, -0.2) is 21.8 Å². The van der Waals surface area contributed by atoms with Crippen LogP contribution in [0, 0.1) is 0 Å². The van der Waals surface area contributed by atoms with Gasteiger partial charge in [0.1, 0.15) is 9.73 Å². The van der Waals surface area contributed by atoms with Gasteiger partial charge in [0.05, 0.1) is 14.9 Å². The number of hydrogen-bond acceptors (Lipinski definition) is 7. The summed E-state index contributed by atoms with van der Waals surface area (Å²) < 4.78 is 62.5. The van der Waals surface area contributed by atoms with E-state index in [2.05, 4.69) is 14.4 Å². The minimum atomic E-state index is -3.79. The quantitative estimate of drug-likeness (QED) is 0.206. The molecular formula is C27H18ClN3O5S3. The Balaban J connectivity index is 1.21. The van der Waals surface area contributed by atoms with Crippen molar-refractivity contribution >= 4 is 76.2 Å². The highest BCUT2D eigenvalue weighted by Crippen LogP contribution is 2.30. The second kappa shape index (κ2) is 9.69. The molecule has 0 radical (unpaired) electrons. The van der Waals surface area contributed by atoms with E-state index in [1.165, 1.54) is 12.1 Å². The van der Waals surface area contributed by atoms with Crippen LogP contribution in [0.5, 0.6) is 0 Å². The zero-order chi connectivity index (χ0) is 27.2. The predicted molar refractivity (Wildman–Crippen MR) is 154 cm³/mol. The van der Waals surface area contributed by atoms with Gasteiger partial charge in [-0.2, -0.15) is 0 Å². The average molecular weight is 596 g/mol. The molecule has 8 nitrogen and oxygen atoms in total. The Hall–Kier alpha value is -3.90. The molecule has 0 aliphatic heterocycles. The third-order valence-corrected chi connectivity index (χ3v) is 10.4. The van der Waals surface area contributed by atoms with Crippen molar-refractivity contribution in [2.45, 2.75) is 9.10 Å². The topological polar surface area (TPSA) is 118 Å². The maximum absolute atomic E-state index is 12.9. The first kappa shape index (κ1) is 25.4. The van der Waals surface area contributed by atoms with Crippen molar-refractivity contribution in [1.82, 2.24) is 4.98 Å². The Kier molecular flexibility index (Phi) is 6.31. The second-order valence-electron chi connectivity index (χ2n) is 8.56. The summed E-state index contributed by atoms with van der Waals surface area (Å²) in [5.41, 5.74) is 2.25. The van der Waals surface area contributed by atoms with Crippen molar-refractivity contribution in [3.05, 3.63) is 101 Å². The molecule has 0 spiro atoms. The summed E-state index contributed by atoms with van der Waals surface area (Å²) >= 11 is 6.83. The smallest absolute Gasteiger partial charge is 0.271 e. The van der Waals surface area contributed by atoms with Crippen LogP contribution in [-0.2, 0) is 20.0 Å². The molecule has 0 bridgehead atoms. The van der Waals surface area contributed by atoms with Crippen LogP contribution < -0.4 is 9.44 Å². The van der Waals surface area contributed by atoms with Gasteiger partial charge in [-0.3, -0.25) is 9.44 Å². The van der Waals surface area contributed by atoms with Gasteiger partial charge in [-0.1, -0.05) is 41.9 Å². The zero-order valence-electron chi connectivity index (χ0n) is 19.8. The predicted octanol–water partition coefficient (Wildman–Crippen LogP) is 6.96. The van der Waals surface area contributed by atoms with E-state index in [1.807, 2.05) is 24.3 Å². The van der Waals surface area contributed by atoms with Gasteiger partial charge < -0.3 is 4.42 Å². The number of halogens is 1. The van der Waals surface area contributed by atoms with Gasteiger partial charge >= 0.3 is 0 Å². The normalized spacial score (nSPS) is 12.1. The zero-order valence-corrected chi connectivity index (χ0v) is 23.0. The number of sulfonamides is 2. The number of fused-ring (bicyclic) bond motifs is 2. The lowest BCUT2D eigenvalue weighted by atomic mass is 10.1. The molecule has 2 heterocycles. The molecule has 0 amide bonds. The van der Waals surface area contributed by atoms with Crippen LogP contribution in [0.3, 0.4) is 0 Å². The minimum Gasteiger partial charge on any atom is -0.436 e. The van der Waals surface area contributed by atoms with Gasteiger partial charge in [0.2, 0.25) is 5.89 Å². The van der Waals surface area contributed by atoms with E-state index in [0.717, 1.165) is 22.1 Å². The van der Waals surface area contributed by atoms with Gasteiger partial charge in [-0.05, 0) is 77.5 Å². The van der Waals surface area contributed by atoms with Crippen LogP contribution in [0.4, 0.5) is 11.4 Å². The molecule has 0 fully saturated rings. The summed E-state index contributed by atoms with van der Waals surface area (Å²) in [6, 6.07) is 26.9. The van der Waals surface area contributed by atoms with Crippen LogP contribution in [0.15, 0.2) is 111 Å². The number of hydrogen-bond donors (Lipinski definition) is 2. The van der Waals surface area contributed by atoms with E-state index >= 15 is 0 Å². The molecule has 196 valence electrons. The number of aromatic nitrogens is 1. The third-order valence-electron chi connectivity index (χ3n) is 5.87. The number of anilines is 2. The first-order chi connectivity index (χ1) is 18.7. The summed E-state index contributed by atoms with van der Waals surface area (Å²) in [6.07, 6.45) is 0. The first-order valence-corrected chi connectivity index (χ1v) is 15.6. The van der Waals surface area contributed by atoms with Gasteiger partial charge in [0, 0.05) is 11.3 Å². The molecule has 0 aliphatic rings. The lowest BCUT2D eigenvalue weighted by Gasteiger charge is -2.09. The number of nitrogens with one attached hydrogen (secondary N) is 2. The standard InChI is InChI=1S/C27H18ClN3O5S3/c28-25-13-14-26(37-25)39(34,35)31-21-10-12-24-23(16-21)29-27(36-24)18-5-8-20(9-6-18)30-38(32,33)22-11-7-17-3-1-2-4-19(17)15-22/h1-16,30-31H. The Labute approximate surface area is 233 Å². The van der Waals surface area contributed by atoms with Crippen LogP contribution in [0.2, 0.25) is 4.34 Å². The number of benzene rings is 4. The summed E-state index contributed by atoms with van der Waals surface area (Å²) in [7, 11) is -7.58. The van der Waals surface area contributed by atoms with Crippen LogP contribution >= 0.6 is 22.9 Å². The molecule has 2 N–H and O–H groups in total. The summed E-state index contributed by atoms with van der Waals surface area (Å²) in [6.45, 7) is 0. The summed E-state index contributed by atoms with van der Waals surface area (Å²) in [5.74, 6) is 0.305. The first-order valence-electron chi connectivity index (χ1n) is 11.5. The Morgan fingerprint density at radius 1 is 0.718 bits per heavy atom. The van der Waals surface area contributed by atoms with Crippen molar-refractivity contribution in [1.29, 1.82) is 0 Å². The Morgan fingerprint density at radius 3 is 2.18 bits per heavy atom. The lowest BCUT2D eigenvalue weighted by molar-refractivity contribution is 0.600. The highest BCUT2D eigenvalue weighted by molar-refractivity contribution is 7.94. The van der Waals surface area contributed by atoms with Crippen molar-refractivity contribution < 1.29 is 21.3 Å². The fourth-order valence-electron chi connectivity index (χ4n) is 3.99. The average Bonchev–Trinajstić information content (AvgIpc) is 3.55. The maximum Gasteiger partial charge on any atom is 0.271 e. The van der Waals surface area contributed by atoms with Crippen molar-refractivity contribution in [3.8, 4) is 11.5 Å². The Bertz CT molecular complexity index is 2070. The molecular weight excluding hydrogens is 578 g/mol. The number of nitrogens with zero attached hydrogens (tertiary/aromatic N) is 1. The van der Waals surface area contributed by atoms with Crippen molar-refractivity contribution in [2.75, 3.05) is 9.44 Å². The molecule has 4 aromatic carbocycles. The maximum atomic E-state index is 12.9. The molecule has 0 atom stereocenters. The molecule has 39 heavy (non-hydrogen) atoms. The van der Waals surface area contributed by atoms with E-state index in [-0.39, 0.29) is 9.10 Å². The molecule has 12 heteroatoms. The van der Waals surface area contributed by atoms with E-state index in [1.54, 1.807) is 60.7 Å². The molecule has 2 aromatic heterocycles. The minimum absolute atomic E-state index is 0.102. The monoisotopic (exact) mass is 595 g/mol. The molecule has 0 saturated heterocycles. The van der Waals surface area contributed by atoms with Crippen molar-refractivity contribution in [3.63, 3.8) is 0 Å². The number of thiophene rings is 1. The molecule has 6 aromatic rings. The third kappa shape index (κ3) is 5.21. The molecule has 0 saturated carbocycles. The largest absolute Gasteiger partial charge is 0.436 e. The van der Waals surface area contributed by atoms with E-state index in [0.29, 0.717) is 38.3 Å². The highest BCUT2D eigenvalue weighted by atomic mass is 35.5. The van der Waals surface area contributed by atoms with E-state index in [4.69, 9.17) is 16.0 Å². The van der Waals surface area contributed by atoms with Crippen LogP contribution in [0.25, 0.3) is 33.3 Å². The highest BCUT2D eigenvalue weighted by Gasteiger charge is 2.18. The second-order valence-corrected chi connectivity index (χ2v) is 13.9. The molecule has 0 unspecified atom stereocenters. The fraction of sp³-hybridized carbons (Fsp3) is 0. The van der Waals surface area contributed by atoms with E-state index < -0.39 is 20.0 Å². The van der Waals surface area contributed by atoms with Crippen LogP contribution in [0.1, 0.15) is 0 Å². The SMILES string of the molecule is O=S(=O)(Nc1ccc(-c2nc3cc(NS(=O)(=O)c4ccc(Cl)s4)ccc3o2)cc1)c1ccc2ccccc2c1. The lowest BCUT2D eigenvalue weighted by Crippen LogP contribution is -2.12. The number of rotatable bonds is 7. The van der Waals surface area contributed by atoms with Crippen molar-refractivity contribution in [2.24, 2.45) is 0 Å². The summed E-state index contributed by atoms with van der Waals surface area (Å²) in [5, 5.41) is 1.79. The van der Waals surface area contributed by atoms with Gasteiger partial charge in [-0.15, -0.1) is 11.3 Å². The molecule has 0 aliphatic carbocycles. The summed E-state index contributed by atoms with van der Waals surface area (Å²) in [4.78, 5) is 4.64. The van der Waals surface area contributed by atoms with E-state index in [9.17, 15) is 16.8 Å². The van der Waals surface area contributed by atoms with Gasteiger partial charge in [0.15, 0.2) is 5.58 Å². The van der Waals surface area contributed by atoms with Gasteiger partial charge in [-0.25, -0.2) is 21.8 Å². The number of oxazole rings is 1. The fourth-order valence-corrected chi connectivity index (χ4v) is 7.62. The Morgan fingerprint density at radius 2 is 1.44 bits per heavy atom. The van der Waals surface area contributed by atoms with Gasteiger partial charge in [0.25, 0.3) is 20.0 Å². The molecule has 6 rings (SSSR count).